The van der Waals surface area contributed by atoms with Crippen LogP contribution in [0.2, 0.25) is 0 Å². The van der Waals surface area contributed by atoms with Gasteiger partial charge in [0.2, 0.25) is 0 Å². The molecule has 0 atom stereocenters. The highest BCUT2D eigenvalue weighted by molar-refractivity contribution is 5.95. The average molecular weight is 379 g/mol. The molecule has 0 aliphatic heterocycles. The third-order valence-corrected chi connectivity index (χ3v) is 4.59. The number of amides is 1. The van der Waals surface area contributed by atoms with Crippen molar-refractivity contribution in [2.75, 3.05) is 11.9 Å². The zero-order valence-corrected chi connectivity index (χ0v) is 15.0. The first-order valence-electron chi connectivity index (χ1n) is 9.00. The van der Waals surface area contributed by atoms with Gasteiger partial charge in [-0.05, 0) is 55.7 Å². The topological polar surface area (TPSA) is 73.2 Å². The third-order valence-electron chi connectivity index (χ3n) is 4.59. The van der Waals surface area contributed by atoms with Crippen molar-refractivity contribution < 1.29 is 18.7 Å². The number of nitrogens with zero attached hydrogens (tertiary/aromatic N) is 2. The smallest absolute Gasteiger partial charge is 0.359 e. The number of aromatic nitrogens is 2. The third kappa shape index (κ3) is 3.64. The summed E-state index contributed by atoms with van der Waals surface area (Å²) in [5.74, 6) is -1.40. The van der Waals surface area contributed by atoms with Crippen molar-refractivity contribution in [1.29, 1.82) is 0 Å². The highest BCUT2D eigenvalue weighted by atomic mass is 19.1. The van der Waals surface area contributed by atoms with E-state index in [9.17, 15) is 14.0 Å². The molecule has 1 aromatic heterocycles. The molecule has 7 heteroatoms. The second kappa shape index (κ2) is 7.64. The molecule has 0 unspecified atom stereocenters. The fourth-order valence-corrected chi connectivity index (χ4v) is 3.32. The number of anilines is 1. The van der Waals surface area contributed by atoms with Gasteiger partial charge in [0, 0.05) is 16.9 Å². The first-order chi connectivity index (χ1) is 13.6. The Morgan fingerprint density at radius 3 is 2.57 bits per heavy atom. The largest absolute Gasteiger partial charge is 0.451 e. The molecule has 1 heterocycles. The van der Waals surface area contributed by atoms with Crippen molar-refractivity contribution >= 4 is 17.6 Å². The molecule has 1 amide bonds. The van der Waals surface area contributed by atoms with E-state index in [2.05, 4.69) is 10.4 Å². The Morgan fingerprint density at radius 2 is 1.82 bits per heavy atom. The SMILES string of the molecule is O=C(COC(=O)c1nn(-c2ccc(F)cc2)c2c1CCC2)Nc1ccccc1. The van der Waals surface area contributed by atoms with Crippen molar-refractivity contribution in [3.8, 4) is 5.69 Å². The molecule has 6 nitrogen and oxygen atoms in total. The van der Waals surface area contributed by atoms with Crippen molar-refractivity contribution in [3.05, 3.63) is 77.4 Å². The monoisotopic (exact) mass is 379 g/mol. The predicted molar refractivity (Wildman–Crippen MR) is 101 cm³/mol. The van der Waals surface area contributed by atoms with Gasteiger partial charge >= 0.3 is 5.97 Å². The van der Waals surface area contributed by atoms with Gasteiger partial charge in [-0.1, -0.05) is 18.2 Å². The number of fused-ring (bicyclic) bond motifs is 1. The molecular formula is C21H18FN3O3. The number of ether oxygens (including phenoxy) is 1. The number of halogens is 1. The van der Waals surface area contributed by atoms with Crippen LogP contribution < -0.4 is 5.32 Å². The van der Waals surface area contributed by atoms with Crippen LogP contribution in [0.1, 0.15) is 28.2 Å². The summed E-state index contributed by atoms with van der Waals surface area (Å²) in [4.78, 5) is 24.5. The van der Waals surface area contributed by atoms with E-state index in [0.717, 1.165) is 30.5 Å². The Labute approximate surface area is 160 Å². The molecule has 0 saturated heterocycles. The summed E-state index contributed by atoms with van der Waals surface area (Å²) >= 11 is 0. The Balaban J connectivity index is 1.48. The van der Waals surface area contributed by atoms with Crippen LogP contribution in [-0.2, 0) is 22.4 Å². The van der Waals surface area contributed by atoms with Crippen LogP contribution >= 0.6 is 0 Å². The van der Waals surface area contributed by atoms with Crippen LogP contribution in [-0.4, -0.2) is 28.3 Å². The molecule has 0 spiro atoms. The lowest BCUT2D eigenvalue weighted by Gasteiger charge is -2.06. The van der Waals surface area contributed by atoms with E-state index in [1.165, 1.54) is 12.1 Å². The summed E-state index contributed by atoms with van der Waals surface area (Å²) in [5.41, 5.74) is 3.28. The minimum absolute atomic E-state index is 0.212. The van der Waals surface area contributed by atoms with Gasteiger partial charge in [-0.3, -0.25) is 4.79 Å². The number of carbonyl (C=O) groups excluding carboxylic acids is 2. The van der Waals surface area contributed by atoms with Crippen LogP contribution in [0, 0.1) is 5.82 Å². The Kier molecular flexibility index (Phi) is 4.89. The van der Waals surface area contributed by atoms with Crippen molar-refractivity contribution in [2.45, 2.75) is 19.3 Å². The number of carbonyl (C=O) groups is 2. The molecule has 0 bridgehead atoms. The molecule has 1 aliphatic carbocycles. The van der Waals surface area contributed by atoms with E-state index in [1.54, 1.807) is 41.1 Å². The zero-order chi connectivity index (χ0) is 19.5. The second-order valence-electron chi connectivity index (χ2n) is 6.51. The molecule has 28 heavy (non-hydrogen) atoms. The Bertz CT molecular complexity index is 1010. The van der Waals surface area contributed by atoms with Gasteiger partial charge in [-0.25, -0.2) is 13.9 Å². The fourth-order valence-electron chi connectivity index (χ4n) is 3.32. The van der Waals surface area contributed by atoms with E-state index in [4.69, 9.17) is 4.74 Å². The van der Waals surface area contributed by atoms with Crippen molar-refractivity contribution in [3.63, 3.8) is 0 Å². The van der Waals surface area contributed by atoms with Crippen LogP contribution in [0.15, 0.2) is 54.6 Å². The van der Waals surface area contributed by atoms with Crippen LogP contribution in [0.5, 0.6) is 0 Å². The second-order valence-corrected chi connectivity index (χ2v) is 6.51. The van der Waals surface area contributed by atoms with E-state index >= 15 is 0 Å². The maximum absolute atomic E-state index is 13.2. The number of rotatable bonds is 5. The van der Waals surface area contributed by atoms with Gasteiger partial charge in [-0.15, -0.1) is 0 Å². The first kappa shape index (κ1) is 17.9. The lowest BCUT2D eigenvalue weighted by Crippen LogP contribution is -2.21. The molecule has 0 saturated carbocycles. The van der Waals surface area contributed by atoms with Gasteiger partial charge in [0.15, 0.2) is 12.3 Å². The lowest BCUT2D eigenvalue weighted by atomic mass is 10.2. The van der Waals surface area contributed by atoms with Crippen molar-refractivity contribution in [2.24, 2.45) is 0 Å². The molecule has 1 aliphatic rings. The summed E-state index contributed by atoms with van der Waals surface area (Å²) in [6.45, 7) is -0.397. The number of nitrogens with one attached hydrogen (secondary N) is 1. The Morgan fingerprint density at radius 1 is 1.07 bits per heavy atom. The summed E-state index contributed by atoms with van der Waals surface area (Å²) in [5, 5.41) is 7.04. The van der Waals surface area contributed by atoms with Crippen molar-refractivity contribution in [1.82, 2.24) is 9.78 Å². The van der Waals surface area contributed by atoms with Gasteiger partial charge in [-0.2, -0.15) is 5.10 Å². The molecule has 2 aromatic carbocycles. The summed E-state index contributed by atoms with van der Waals surface area (Å²) < 4.78 is 20.0. The van der Waals surface area contributed by atoms with E-state index in [1.807, 2.05) is 6.07 Å². The zero-order valence-electron chi connectivity index (χ0n) is 15.0. The highest BCUT2D eigenvalue weighted by Gasteiger charge is 2.28. The quantitative estimate of drug-likeness (QED) is 0.691. The average Bonchev–Trinajstić information content (AvgIpc) is 3.30. The van der Waals surface area contributed by atoms with Crippen LogP contribution in [0.4, 0.5) is 10.1 Å². The van der Waals surface area contributed by atoms with Gasteiger partial charge in [0.25, 0.3) is 5.91 Å². The van der Waals surface area contributed by atoms with Gasteiger partial charge in [0.05, 0.1) is 5.69 Å². The van der Waals surface area contributed by atoms with Crippen LogP contribution in [0.3, 0.4) is 0 Å². The maximum atomic E-state index is 13.2. The van der Waals surface area contributed by atoms with E-state index in [-0.39, 0.29) is 11.5 Å². The van der Waals surface area contributed by atoms with E-state index in [0.29, 0.717) is 11.4 Å². The number of benzene rings is 2. The van der Waals surface area contributed by atoms with E-state index < -0.39 is 18.5 Å². The van der Waals surface area contributed by atoms with Gasteiger partial charge < -0.3 is 10.1 Å². The first-order valence-corrected chi connectivity index (χ1v) is 9.00. The summed E-state index contributed by atoms with van der Waals surface area (Å²) in [6.07, 6.45) is 2.40. The van der Waals surface area contributed by atoms with Gasteiger partial charge in [0.1, 0.15) is 5.82 Å². The van der Waals surface area contributed by atoms with Crippen LogP contribution in [0.25, 0.3) is 5.69 Å². The number of hydrogen-bond donors (Lipinski definition) is 1. The fraction of sp³-hybridized carbons (Fsp3) is 0.190. The predicted octanol–water partition coefficient (Wildman–Crippen LogP) is 3.30. The molecular weight excluding hydrogens is 361 g/mol. The molecule has 0 radical (unpaired) electrons. The minimum atomic E-state index is -0.637. The normalized spacial score (nSPS) is 12.5. The molecule has 4 rings (SSSR count). The standard InChI is InChI=1S/C21H18FN3O3/c22-14-9-11-16(12-10-14)25-18-8-4-7-17(18)20(24-25)21(27)28-13-19(26)23-15-5-2-1-3-6-15/h1-3,5-6,9-12H,4,7-8,13H2,(H,23,26). The summed E-state index contributed by atoms with van der Waals surface area (Å²) in [7, 11) is 0. The number of esters is 1. The molecule has 1 N–H and O–H groups in total. The lowest BCUT2D eigenvalue weighted by molar-refractivity contribution is -0.119. The summed E-state index contributed by atoms with van der Waals surface area (Å²) in [6, 6.07) is 14.9. The number of hydrogen-bond acceptors (Lipinski definition) is 4. The molecule has 0 fully saturated rings. The Hall–Kier alpha value is -3.48. The number of para-hydroxylation sites is 1. The highest BCUT2D eigenvalue weighted by Crippen LogP contribution is 2.28. The molecule has 142 valence electrons. The minimum Gasteiger partial charge on any atom is -0.451 e. The maximum Gasteiger partial charge on any atom is 0.359 e. The molecule has 3 aromatic rings.